The van der Waals surface area contributed by atoms with E-state index in [2.05, 4.69) is 5.09 Å². The van der Waals surface area contributed by atoms with Gasteiger partial charge in [0.25, 0.3) is 0 Å². The molecule has 1 aromatic rings. The summed E-state index contributed by atoms with van der Waals surface area (Å²) in [6.07, 6.45) is -2.64. The van der Waals surface area contributed by atoms with Gasteiger partial charge in [-0.25, -0.2) is 9.48 Å². The number of esters is 1. The number of nitrogens with one attached hydrogen (secondary N) is 1. The first-order valence-electron chi connectivity index (χ1n) is 11.2. The van der Waals surface area contributed by atoms with Crippen LogP contribution in [0.4, 0.5) is 4.39 Å². The Morgan fingerprint density at radius 2 is 2.00 bits per heavy atom. The number of aliphatic hydroxyl groups excluding tert-OH is 1. The van der Waals surface area contributed by atoms with Gasteiger partial charge in [-0.1, -0.05) is 18.2 Å². The van der Waals surface area contributed by atoms with Crippen LogP contribution in [-0.2, 0) is 28.4 Å². The monoisotopic (exact) mass is 512 g/mol. The highest BCUT2D eigenvalue weighted by molar-refractivity contribution is 7.45. The maximum absolute atomic E-state index is 15.4. The summed E-state index contributed by atoms with van der Waals surface area (Å²) in [6, 6.07) is 7.94. The fraction of sp³-hybridized carbons (Fsp3) is 0.522. The first-order valence-corrected chi connectivity index (χ1v) is 12.3. The molecule has 1 saturated heterocycles. The third-order valence-corrected chi connectivity index (χ3v) is 6.65. The molecule has 2 aliphatic heterocycles. The zero-order valence-corrected chi connectivity index (χ0v) is 20.8. The van der Waals surface area contributed by atoms with Gasteiger partial charge in [0.15, 0.2) is 17.7 Å². The smallest absolute Gasteiger partial charge is 0.323 e. The van der Waals surface area contributed by atoms with Gasteiger partial charge in [-0.2, -0.15) is 0 Å². The maximum atomic E-state index is 15.4. The standard InChI is InChI=1S/C23H30FN2O8P/c1-14(2)32-21(30)15(3)25-35(34-17-8-6-5-7-9-17)31-13-18-20(29)23(4,24)22(33-18)26-11-10-16(27)12-19(26)28/h5-11,14-15,18,20,22,25,29H,12-13H2,1-4H3/t15-,18+,20+,22+,23+,35?/m0/s1. The number of carbonyl (C=O) groups is 3. The lowest BCUT2D eigenvalue weighted by Crippen LogP contribution is -2.51. The van der Waals surface area contributed by atoms with E-state index >= 15 is 4.39 Å². The minimum Gasteiger partial charge on any atom is -0.462 e. The molecule has 0 aliphatic carbocycles. The highest BCUT2D eigenvalue weighted by atomic mass is 31.2. The summed E-state index contributed by atoms with van der Waals surface area (Å²) >= 11 is 0. The number of hydrogen-bond donors (Lipinski definition) is 2. The molecular formula is C23H30FN2O8P. The van der Waals surface area contributed by atoms with E-state index < -0.39 is 62.8 Å². The molecule has 12 heteroatoms. The number of halogens is 1. The summed E-state index contributed by atoms with van der Waals surface area (Å²) in [5.41, 5.74) is -2.33. The van der Waals surface area contributed by atoms with Crippen molar-refractivity contribution in [2.24, 2.45) is 0 Å². The van der Waals surface area contributed by atoms with Gasteiger partial charge < -0.3 is 23.6 Å². The molecule has 1 aromatic carbocycles. The minimum atomic E-state index is -2.33. The molecule has 2 N–H and O–H groups in total. The van der Waals surface area contributed by atoms with Crippen molar-refractivity contribution < 1.29 is 42.4 Å². The molecule has 3 rings (SSSR count). The lowest BCUT2D eigenvalue weighted by Gasteiger charge is -2.32. The SMILES string of the molecule is CC(C)OC(=O)[C@H](C)NP(OC[C@H]1O[C@@H](N2C=CC(=O)CC2=O)[C@](C)(F)[C@@H]1O)Oc1ccccc1. The number of ether oxygens (including phenoxy) is 2. The minimum absolute atomic E-state index is 0.306. The van der Waals surface area contributed by atoms with E-state index in [1.54, 1.807) is 51.1 Å². The number of rotatable bonds is 10. The molecule has 6 atom stereocenters. The van der Waals surface area contributed by atoms with Gasteiger partial charge >= 0.3 is 14.5 Å². The summed E-state index contributed by atoms with van der Waals surface area (Å²) in [5, 5.41) is 13.5. The van der Waals surface area contributed by atoms with Crippen molar-refractivity contribution in [3.8, 4) is 5.75 Å². The van der Waals surface area contributed by atoms with Crippen molar-refractivity contribution in [1.82, 2.24) is 9.99 Å². The van der Waals surface area contributed by atoms with Crippen LogP contribution in [0.5, 0.6) is 5.75 Å². The van der Waals surface area contributed by atoms with Crippen LogP contribution in [0.2, 0.25) is 0 Å². The lowest BCUT2D eigenvalue weighted by molar-refractivity contribution is -0.150. The van der Waals surface area contributed by atoms with E-state index in [4.69, 9.17) is 18.5 Å². The Morgan fingerprint density at radius 1 is 1.31 bits per heavy atom. The number of para-hydroxylation sites is 1. The Labute approximate surface area is 204 Å². The van der Waals surface area contributed by atoms with Crippen molar-refractivity contribution in [2.75, 3.05) is 6.61 Å². The molecule has 2 aliphatic rings. The Balaban J connectivity index is 1.69. The van der Waals surface area contributed by atoms with Crippen LogP contribution in [0.25, 0.3) is 0 Å². The number of hydrogen-bond acceptors (Lipinski definition) is 9. The van der Waals surface area contributed by atoms with Gasteiger partial charge in [-0.15, -0.1) is 0 Å². The van der Waals surface area contributed by atoms with Gasteiger partial charge in [-0.3, -0.25) is 19.3 Å². The number of allylic oxidation sites excluding steroid dienone is 1. The fourth-order valence-electron chi connectivity index (χ4n) is 3.46. The number of ketones is 1. The number of benzene rings is 1. The second-order valence-corrected chi connectivity index (χ2v) is 9.89. The number of nitrogens with zero attached hydrogens (tertiary/aromatic N) is 1. The maximum Gasteiger partial charge on any atom is 0.323 e. The second kappa shape index (κ2) is 11.5. The molecule has 1 fully saturated rings. The lowest BCUT2D eigenvalue weighted by atomic mass is 9.97. The highest BCUT2D eigenvalue weighted by Crippen LogP contribution is 2.41. The number of alkyl halides is 1. The second-order valence-electron chi connectivity index (χ2n) is 8.68. The van der Waals surface area contributed by atoms with Crippen LogP contribution in [0.3, 0.4) is 0 Å². The summed E-state index contributed by atoms with van der Waals surface area (Å²) < 4.78 is 37.9. The molecular weight excluding hydrogens is 482 g/mol. The Kier molecular flexibility index (Phi) is 8.95. The molecule has 35 heavy (non-hydrogen) atoms. The molecule has 10 nitrogen and oxygen atoms in total. The molecule has 2 heterocycles. The summed E-state index contributed by atoms with van der Waals surface area (Å²) in [6.45, 7) is 5.85. The van der Waals surface area contributed by atoms with Crippen LogP contribution in [-0.4, -0.2) is 70.5 Å². The zero-order chi connectivity index (χ0) is 25.8. The third-order valence-electron chi connectivity index (χ3n) is 5.30. The van der Waals surface area contributed by atoms with E-state index in [-0.39, 0.29) is 12.7 Å². The van der Waals surface area contributed by atoms with Crippen molar-refractivity contribution in [1.29, 1.82) is 0 Å². The first kappa shape index (κ1) is 27.2. The number of amides is 1. The van der Waals surface area contributed by atoms with Crippen molar-refractivity contribution in [3.63, 3.8) is 0 Å². The molecule has 0 radical (unpaired) electrons. The van der Waals surface area contributed by atoms with E-state index in [1.807, 2.05) is 0 Å². The van der Waals surface area contributed by atoms with Crippen molar-refractivity contribution >= 4 is 26.2 Å². The predicted molar refractivity (Wildman–Crippen MR) is 124 cm³/mol. The molecule has 1 amide bonds. The van der Waals surface area contributed by atoms with Crippen LogP contribution < -0.4 is 9.61 Å². The van der Waals surface area contributed by atoms with Crippen LogP contribution in [0.15, 0.2) is 42.6 Å². The first-order chi connectivity index (χ1) is 16.5. The van der Waals surface area contributed by atoms with Crippen LogP contribution >= 0.6 is 8.53 Å². The van der Waals surface area contributed by atoms with Crippen molar-refractivity contribution in [2.45, 2.75) is 70.4 Å². The van der Waals surface area contributed by atoms with E-state index in [0.29, 0.717) is 5.75 Å². The van der Waals surface area contributed by atoms with Crippen LogP contribution in [0.1, 0.15) is 34.1 Å². The molecule has 1 unspecified atom stereocenters. The number of carbonyl (C=O) groups excluding carboxylic acids is 3. The zero-order valence-electron chi connectivity index (χ0n) is 19.9. The van der Waals surface area contributed by atoms with E-state index in [0.717, 1.165) is 24.1 Å². The normalized spacial score (nSPS) is 28.3. The topological polar surface area (TPSA) is 124 Å². The van der Waals surface area contributed by atoms with E-state index in [1.165, 1.54) is 0 Å². The Hall–Kier alpha value is -2.43. The predicted octanol–water partition coefficient (Wildman–Crippen LogP) is 2.37. The molecule has 0 spiro atoms. The average molecular weight is 512 g/mol. The van der Waals surface area contributed by atoms with Crippen LogP contribution in [0, 0.1) is 0 Å². The highest BCUT2D eigenvalue weighted by Gasteiger charge is 2.57. The quantitative estimate of drug-likeness (QED) is 0.276. The van der Waals surface area contributed by atoms with E-state index in [9.17, 15) is 19.5 Å². The van der Waals surface area contributed by atoms with Gasteiger partial charge in [-0.05, 0) is 45.9 Å². The largest absolute Gasteiger partial charge is 0.462 e. The third kappa shape index (κ3) is 6.83. The van der Waals surface area contributed by atoms with Gasteiger partial charge in [0.05, 0.1) is 19.1 Å². The Morgan fingerprint density at radius 3 is 2.63 bits per heavy atom. The van der Waals surface area contributed by atoms with Crippen molar-refractivity contribution in [3.05, 3.63) is 42.6 Å². The summed E-state index contributed by atoms with van der Waals surface area (Å²) in [5.74, 6) is -1.07. The summed E-state index contributed by atoms with van der Waals surface area (Å²) in [7, 11) is -1.95. The molecule has 0 saturated carbocycles. The van der Waals surface area contributed by atoms with Gasteiger partial charge in [0.2, 0.25) is 5.91 Å². The molecule has 0 bridgehead atoms. The number of aliphatic hydroxyl groups is 1. The summed E-state index contributed by atoms with van der Waals surface area (Å²) in [4.78, 5) is 36.9. The van der Waals surface area contributed by atoms with Gasteiger partial charge in [0, 0.05) is 6.20 Å². The Bertz CT molecular complexity index is 945. The fourth-order valence-corrected chi connectivity index (χ4v) is 4.66. The average Bonchev–Trinajstić information content (AvgIpc) is 3.01. The van der Waals surface area contributed by atoms with Gasteiger partial charge in [0.1, 0.15) is 24.0 Å². The molecule has 0 aromatic heterocycles. The molecule has 192 valence electrons.